The Hall–Kier alpha value is -0.780. The highest BCUT2D eigenvalue weighted by Crippen LogP contribution is 2.38. The summed E-state index contributed by atoms with van der Waals surface area (Å²) in [4.78, 5) is 0. The summed E-state index contributed by atoms with van der Waals surface area (Å²) < 4.78 is 0. The molecule has 0 heteroatoms. The van der Waals surface area contributed by atoms with E-state index >= 15 is 0 Å². The molecule has 0 nitrogen and oxygen atoms in total. The fourth-order valence-corrected chi connectivity index (χ4v) is 2.69. The van der Waals surface area contributed by atoms with E-state index in [0.717, 1.165) is 0 Å². The Bertz CT molecular complexity index is 352. The van der Waals surface area contributed by atoms with Crippen LogP contribution in [0.15, 0.2) is 34.9 Å². The van der Waals surface area contributed by atoms with E-state index in [4.69, 9.17) is 0 Å². The Morgan fingerprint density at radius 1 is 1.24 bits per heavy atom. The zero-order chi connectivity index (χ0) is 13.2. The first-order chi connectivity index (χ1) is 7.90. The zero-order valence-corrected chi connectivity index (χ0v) is 12.5. The highest BCUT2D eigenvalue weighted by Gasteiger charge is 2.25. The van der Waals surface area contributed by atoms with Crippen molar-refractivity contribution >= 4 is 0 Å². The second-order valence-corrected chi connectivity index (χ2v) is 5.88. The number of hydrogen-bond acceptors (Lipinski definition) is 0. The molecule has 0 N–H and O–H groups in total. The lowest BCUT2D eigenvalue weighted by molar-refractivity contribution is 0.453. The highest BCUT2D eigenvalue weighted by molar-refractivity contribution is 5.44. The van der Waals surface area contributed by atoms with Crippen molar-refractivity contribution in [2.45, 2.75) is 48.5 Å². The van der Waals surface area contributed by atoms with Gasteiger partial charge in [0.05, 0.1) is 0 Å². The van der Waals surface area contributed by atoms with Gasteiger partial charge in [-0.3, -0.25) is 0 Å². The molecular weight excluding hydrogens is 204 g/mol. The van der Waals surface area contributed by atoms with Crippen LogP contribution in [0.3, 0.4) is 0 Å². The Balaban J connectivity index is 3.16. The fraction of sp³-hybridized carbons (Fsp3) is 0.647. The summed E-state index contributed by atoms with van der Waals surface area (Å²) in [5.74, 6) is 2.65. The molecular formula is C17H28. The first-order valence-electron chi connectivity index (χ1n) is 6.95. The molecule has 0 heterocycles. The normalized spacial score (nSPS) is 27.9. The molecule has 0 saturated carbocycles. The van der Waals surface area contributed by atoms with Crippen LogP contribution >= 0.6 is 0 Å². The first-order valence-corrected chi connectivity index (χ1v) is 6.95. The minimum absolute atomic E-state index is 0.645. The van der Waals surface area contributed by atoms with Crippen LogP contribution in [0.5, 0.6) is 0 Å². The second-order valence-electron chi connectivity index (χ2n) is 5.88. The van der Waals surface area contributed by atoms with Crippen molar-refractivity contribution in [1.29, 1.82) is 0 Å². The molecule has 0 amide bonds. The van der Waals surface area contributed by atoms with E-state index in [2.05, 4.69) is 66.7 Å². The van der Waals surface area contributed by atoms with E-state index in [1.54, 1.807) is 11.1 Å². The molecule has 0 saturated heterocycles. The number of hydrogen-bond donors (Lipinski definition) is 0. The Morgan fingerprint density at radius 2 is 1.82 bits per heavy atom. The van der Waals surface area contributed by atoms with Crippen molar-refractivity contribution in [1.82, 2.24) is 0 Å². The molecule has 0 spiro atoms. The van der Waals surface area contributed by atoms with E-state index < -0.39 is 0 Å². The summed E-state index contributed by atoms with van der Waals surface area (Å²) in [6, 6.07) is 0. The van der Waals surface area contributed by atoms with Gasteiger partial charge in [0, 0.05) is 0 Å². The number of allylic oxidation sites excluding steroid dienone is 6. The monoisotopic (exact) mass is 232 g/mol. The lowest BCUT2D eigenvalue weighted by Crippen LogP contribution is -2.20. The summed E-state index contributed by atoms with van der Waals surface area (Å²) in [6.45, 7) is 16.1. The van der Waals surface area contributed by atoms with Crippen LogP contribution in [0.1, 0.15) is 48.5 Å². The van der Waals surface area contributed by atoms with Gasteiger partial charge < -0.3 is 0 Å². The molecule has 3 atom stereocenters. The molecule has 1 rings (SSSR count). The van der Waals surface area contributed by atoms with Crippen LogP contribution in [0, 0.1) is 23.7 Å². The smallest absolute Gasteiger partial charge is 0.0125 e. The van der Waals surface area contributed by atoms with Crippen molar-refractivity contribution < 1.29 is 0 Å². The molecule has 96 valence electrons. The SMILES string of the molecule is C/C=C(/C1=C(C)C=CC(C)[C@H]1C)C(C)C(C)C. The van der Waals surface area contributed by atoms with Gasteiger partial charge in [0.2, 0.25) is 0 Å². The van der Waals surface area contributed by atoms with Gasteiger partial charge in [-0.2, -0.15) is 0 Å². The topological polar surface area (TPSA) is 0 Å². The van der Waals surface area contributed by atoms with Crippen LogP contribution in [0.4, 0.5) is 0 Å². The Labute approximate surface area is 108 Å². The zero-order valence-electron chi connectivity index (χ0n) is 12.5. The number of rotatable bonds is 3. The molecule has 0 aliphatic heterocycles. The third-order valence-electron chi connectivity index (χ3n) is 4.43. The van der Waals surface area contributed by atoms with Crippen molar-refractivity contribution in [3.63, 3.8) is 0 Å². The maximum absolute atomic E-state index is 2.36. The maximum atomic E-state index is 2.36. The summed E-state index contributed by atoms with van der Waals surface area (Å²) in [5, 5.41) is 0. The third kappa shape index (κ3) is 2.91. The molecule has 2 unspecified atom stereocenters. The first kappa shape index (κ1) is 14.3. The van der Waals surface area contributed by atoms with Gasteiger partial charge in [-0.1, -0.05) is 52.8 Å². The summed E-state index contributed by atoms with van der Waals surface area (Å²) in [5.41, 5.74) is 4.60. The average molecular weight is 232 g/mol. The van der Waals surface area contributed by atoms with Crippen LogP contribution < -0.4 is 0 Å². The van der Waals surface area contributed by atoms with E-state index in [9.17, 15) is 0 Å². The minimum Gasteiger partial charge on any atom is -0.0839 e. The highest BCUT2D eigenvalue weighted by atomic mass is 14.3. The summed E-state index contributed by atoms with van der Waals surface area (Å²) >= 11 is 0. The molecule has 0 aromatic heterocycles. The standard InChI is InChI=1S/C17H28/c1-8-16(14(6)11(2)3)17-13(5)10-9-12(4)15(17)7/h8-12,14-15H,1-7H3/b16-8+/t12?,14?,15-/m1/s1. The largest absolute Gasteiger partial charge is 0.0839 e. The molecule has 0 aromatic carbocycles. The Morgan fingerprint density at radius 3 is 2.29 bits per heavy atom. The fourth-order valence-electron chi connectivity index (χ4n) is 2.69. The molecule has 0 radical (unpaired) electrons. The third-order valence-corrected chi connectivity index (χ3v) is 4.43. The molecule has 0 fully saturated rings. The van der Waals surface area contributed by atoms with Crippen molar-refractivity contribution in [3.8, 4) is 0 Å². The lowest BCUT2D eigenvalue weighted by Gasteiger charge is -2.32. The van der Waals surface area contributed by atoms with Crippen molar-refractivity contribution in [2.24, 2.45) is 23.7 Å². The van der Waals surface area contributed by atoms with Crippen molar-refractivity contribution in [2.75, 3.05) is 0 Å². The van der Waals surface area contributed by atoms with Gasteiger partial charge in [-0.05, 0) is 54.2 Å². The summed E-state index contributed by atoms with van der Waals surface area (Å²) in [6.07, 6.45) is 6.97. The average Bonchev–Trinajstić information content (AvgIpc) is 2.28. The van der Waals surface area contributed by atoms with Crippen LogP contribution in [-0.4, -0.2) is 0 Å². The predicted octanol–water partition coefficient (Wildman–Crippen LogP) is 5.38. The van der Waals surface area contributed by atoms with E-state index in [0.29, 0.717) is 23.7 Å². The van der Waals surface area contributed by atoms with Gasteiger partial charge in [0.15, 0.2) is 0 Å². The second kappa shape index (κ2) is 5.71. The van der Waals surface area contributed by atoms with Gasteiger partial charge in [0.1, 0.15) is 0 Å². The molecule has 17 heavy (non-hydrogen) atoms. The predicted molar refractivity (Wildman–Crippen MR) is 77.9 cm³/mol. The van der Waals surface area contributed by atoms with Crippen molar-refractivity contribution in [3.05, 3.63) is 34.9 Å². The quantitative estimate of drug-likeness (QED) is 0.612. The maximum Gasteiger partial charge on any atom is -0.0125 e. The van der Waals surface area contributed by atoms with Crippen LogP contribution in [0.2, 0.25) is 0 Å². The van der Waals surface area contributed by atoms with E-state index in [1.165, 1.54) is 5.57 Å². The van der Waals surface area contributed by atoms with Gasteiger partial charge in [0.25, 0.3) is 0 Å². The lowest BCUT2D eigenvalue weighted by atomic mass is 9.73. The van der Waals surface area contributed by atoms with Crippen LogP contribution in [0.25, 0.3) is 0 Å². The van der Waals surface area contributed by atoms with E-state index in [-0.39, 0.29) is 0 Å². The molecule has 1 aliphatic carbocycles. The van der Waals surface area contributed by atoms with Gasteiger partial charge in [-0.15, -0.1) is 0 Å². The minimum atomic E-state index is 0.645. The van der Waals surface area contributed by atoms with Gasteiger partial charge >= 0.3 is 0 Å². The molecule has 1 aliphatic rings. The molecule has 0 bridgehead atoms. The van der Waals surface area contributed by atoms with Crippen LogP contribution in [-0.2, 0) is 0 Å². The molecule has 0 aromatic rings. The van der Waals surface area contributed by atoms with E-state index in [1.807, 2.05) is 0 Å². The Kier molecular flexibility index (Phi) is 4.80. The van der Waals surface area contributed by atoms with Gasteiger partial charge in [-0.25, -0.2) is 0 Å². The summed E-state index contributed by atoms with van der Waals surface area (Å²) in [7, 11) is 0.